The van der Waals surface area contributed by atoms with E-state index in [0.717, 1.165) is 30.9 Å². The molecule has 1 rings (SSSR count). The Morgan fingerprint density at radius 3 is 2.56 bits per heavy atom. The molecule has 0 spiro atoms. The summed E-state index contributed by atoms with van der Waals surface area (Å²) in [5.41, 5.74) is 1.06. The van der Waals surface area contributed by atoms with E-state index < -0.39 is 0 Å². The van der Waals surface area contributed by atoms with E-state index in [4.69, 9.17) is 11.6 Å². The lowest BCUT2D eigenvalue weighted by Gasteiger charge is -2.24. The van der Waals surface area contributed by atoms with Crippen LogP contribution in [0.1, 0.15) is 39.2 Å². The van der Waals surface area contributed by atoms with E-state index in [1.807, 2.05) is 0 Å². The van der Waals surface area contributed by atoms with Crippen LogP contribution < -0.4 is 4.90 Å². The molecule has 0 saturated heterocycles. The number of halogens is 1. The molecule has 4 heteroatoms. The molecule has 1 aromatic heterocycles. The minimum atomic E-state index is 0.586. The van der Waals surface area contributed by atoms with Gasteiger partial charge in [0.25, 0.3) is 0 Å². The normalized spacial score (nSPS) is 10.5. The summed E-state index contributed by atoms with van der Waals surface area (Å²) >= 11 is 6.09. The third-order valence-corrected chi connectivity index (χ3v) is 3.01. The molecule has 0 bridgehead atoms. The largest absolute Gasteiger partial charge is 0.357 e. The van der Waals surface area contributed by atoms with E-state index in [9.17, 15) is 0 Å². The topological polar surface area (TPSA) is 29.0 Å². The number of hydrogen-bond acceptors (Lipinski definition) is 3. The Morgan fingerprint density at radius 2 is 2.00 bits per heavy atom. The van der Waals surface area contributed by atoms with Crippen molar-refractivity contribution in [3.8, 4) is 0 Å². The second-order valence-corrected chi connectivity index (χ2v) is 4.11. The van der Waals surface area contributed by atoms with Crippen molar-refractivity contribution in [3.63, 3.8) is 0 Å². The Labute approximate surface area is 103 Å². The standard InChI is InChI=1S/C12H20ClN3/c1-4-7-8-16(6-3)12-10(5-2)11(13)14-9-15-12/h9H,4-8H2,1-3H3. The summed E-state index contributed by atoms with van der Waals surface area (Å²) < 4.78 is 0. The van der Waals surface area contributed by atoms with E-state index in [1.165, 1.54) is 12.8 Å². The minimum Gasteiger partial charge on any atom is -0.357 e. The second-order valence-electron chi connectivity index (χ2n) is 3.75. The van der Waals surface area contributed by atoms with Gasteiger partial charge in [0.15, 0.2) is 0 Å². The monoisotopic (exact) mass is 241 g/mol. The average Bonchev–Trinajstić information content (AvgIpc) is 2.30. The zero-order valence-corrected chi connectivity index (χ0v) is 11.1. The molecule has 0 aliphatic carbocycles. The van der Waals surface area contributed by atoms with Crippen LogP contribution in [0.5, 0.6) is 0 Å². The van der Waals surface area contributed by atoms with Crippen LogP contribution in [-0.4, -0.2) is 23.1 Å². The van der Waals surface area contributed by atoms with Gasteiger partial charge in [0.05, 0.1) is 0 Å². The molecule has 0 aliphatic rings. The van der Waals surface area contributed by atoms with Gasteiger partial charge in [-0.3, -0.25) is 0 Å². The quantitative estimate of drug-likeness (QED) is 0.716. The highest BCUT2D eigenvalue weighted by molar-refractivity contribution is 6.30. The van der Waals surface area contributed by atoms with Gasteiger partial charge in [-0.15, -0.1) is 0 Å². The first-order valence-corrected chi connectivity index (χ1v) is 6.36. The lowest BCUT2D eigenvalue weighted by Crippen LogP contribution is -2.26. The van der Waals surface area contributed by atoms with E-state index in [2.05, 4.69) is 35.6 Å². The minimum absolute atomic E-state index is 0.586. The van der Waals surface area contributed by atoms with Crippen molar-refractivity contribution in [2.24, 2.45) is 0 Å². The summed E-state index contributed by atoms with van der Waals surface area (Å²) in [5, 5.41) is 0.586. The van der Waals surface area contributed by atoms with E-state index in [0.29, 0.717) is 5.15 Å². The third-order valence-electron chi connectivity index (χ3n) is 2.69. The van der Waals surface area contributed by atoms with Gasteiger partial charge in [0.2, 0.25) is 0 Å². The van der Waals surface area contributed by atoms with Gasteiger partial charge in [-0.05, 0) is 19.8 Å². The molecule has 0 amide bonds. The maximum atomic E-state index is 6.09. The molecule has 0 aromatic carbocycles. The molecular formula is C12H20ClN3. The van der Waals surface area contributed by atoms with Gasteiger partial charge >= 0.3 is 0 Å². The van der Waals surface area contributed by atoms with Crippen LogP contribution in [-0.2, 0) is 6.42 Å². The number of nitrogens with zero attached hydrogens (tertiary/aromatic N) is 3. The SMILES string of the molecule is CCCCN(CC)c1ncnc(Cl)c1CC. The fourth-order valence-electron chi connectivity index (χ4n) is 1.72. The lowest BCUT2D eigenvalue weighted by molar-refractivity contribution is 0.718. The van der Waals surface area contributed by atoms with Crippen LogP contribution >= 0.6 is 11.6 Å². The van der Waals surface area contributed by atoms with Crippen LogP contribution in [0, 0.1) is 0 Å². The Morgan fingerprint density at radius 1 is 1.25 bits per heavy atom. The van der Waals surface area contributed by atoms with Crippen molar-refractivity contribution in [2.45, 2.75) is 40.0 Å². The molecule has 0 saturated carbocycles. The van der Waals surface area contributed by atoms with E-state index in [-0.39, 0.29) is 0 Å². The van der Waals surface area contributed by atoms with Gasteiger partial charge in [-0.1, -0.05) is 31.9 Å². The Bertz CT molecular complexity index is 328. The third kappa shape index (κ3) is 3.08. The number of aromatic nitrogens is 2. The fourth-order valence-corrected chi connectivity index (χ4v) is 1.98. The molecule has 1 aromatic rings. The Hall–Kier alpha value is -0.830. The second kappa shape index (κ2) is 6.69. The lowest BCUT2D eigenvalue weighted by atomic mass is 10.2. The van der Waals surface area contributed by atoms with E-state index >= 15 is 0 Å². The molecule has 90 valence electrons. The van der Waals surface area contributed by atoms with Crippen molar-refractivity contribution in [2.75, 3.05) is 18.0 Å². The molecule has 1 heterocycles. The van der Waals surface area contributed by atoms with Crippen LogP contribution in [0.4, 0.5) is 5.82 Å². The van der Waals surface area contributed by atoms with Gasteiger partial charge in [0.1, 0.15) is 17.3 Å². The predicted octanol–water partition coefficient (Wildman–Crippen LogP) is 3.32. The fraction of sp³-hybridized carbons (Fsp3) is 0.667. The number of rotatable bonds is 6. The van der Waals surface area contributed by atoms with Crippen LogP contribution in [0.2, 0.25) is 5.15 Å². The van der Waals surface area contributed by atoms with Gasteiger partial charge in [0, 0.05) is 18.7 Å². The summed E-state index contributed by atoms with van der Waals surface area (Å²) in [7, 11) is 0. The number of anilines is 1. The van der Waals surface area contributed by atoms with Crippen molar-refractivity contribution < 1.29 is 0 Å². The first kappa shape index (κ1) is 13.2. The van der Waals surface area contributed by atoms with Gasteiger partial charge in [-0.2, -0.15) is 0 Å². The van der Waals surface area contributed by atoms with Crippen LogP contribution in [0.15, 0.2) is 6.33 Å². The zero-order valence-electron chi connectivity index (χ0n) is 10.3. The van der Waals surface area contributed by atoms with Crippen LogP contribution in [0.3, 0.4) is 0 Å². The maximum Gasteiger partial charge on any atom is 0.137 e. The first-order valence-electron chi connectivity index (χ1n) is 5.98. The predicted molar refractivity (Wildman–Crippen MR) is 69.2 cm³/mol. The van der Waals surface area contributed by atoms with Gasteiger partial charge < -0.3 is 4.90 Å². The zero-order chi connectivity index (χ0) is 12.0. The molecule has 0 atom stereocenters. The smallest absolute Gasteiger partial charge is 0.137 e. The Kier molecular flexibility index (Phi) is 5.53. The highest BCUT2D eigenvalue weighted by atomic mass is 35.5. The average molecular weight is 242 g/mol. The molecule has 0 unspecified atom stereocenters. The molecule has 0 aliphatic heterocycles. The van der Waals surface area contributed by atoms with Crippen molar-refractivity contribution in [1.29, 1.82) is 0 Å². The molecular weight excluding hydrogens is 222 g/mol. The summed E-state index contributed by atoms with van der Waals surface area (Å²) in [6.07, 6.45) is 4.79. The molecule has 16 heavy (non-hydrogen) atoms. The van der Waals surface area contributed by atoms with Gasteiger partial charge in [-0.25, -0.2) is 9.97 Å². The molecule has 3 nitrogen and oxygen atoms in total. The van der Waals surface area contributed by atoms with Crippen molar-refractivity contribution >= 4 is 17.4 Å². The van der Waals surface area contributed by atoms with Crippen molar-refractivity contribution in [1.82, 2.24) is 9.97 Å². The summed E-state index contributed by atoms with van der Waals surface area (Å²) in [5.74, 6) is 0.999. The summed E-state index contributed by atoms with van der Waals surface area (Å²) in [6.45, 7) is 8.42. The van der Waals surface area contributed by atoms with Crippen LogP contribution in [0.25, 0.3) is 0 Å². The highest BCUT2D eigenvalue weighted by Crippen LogP contribution is 2.23. The molecule has 0 radical (unpaired) electrons. The first-order chi connectivity index (χ1) is 7.74. The number of unbranched alkanes of at least 4 members (excludes halogenated alkanes) is 1. The molecule has 0 fully saturated rings. The van der Waals surface area contributed by atoms with Crippen molar-refractivity contribution in [3.05, 3.63) is 17.0 Å². The number of hydrogen-bond donors (Lipinski definition) is 0. The van der Waals surface area contributed by atoms with E-state index in [1.54, 1.807) is 6.33 Å². The molecule has 0 N–H and O–H groups in total. The summed E-state index contributed by atoms with van der Waals surface area (Å²) in [6, 6.07) is 0. The highest BCUT2D eigenvalue weighted by Gasteiger charge is 2.13. The summed E-state index contributed by atoms with van der Waals surface area (Å²) in [4.78, 5) is 10.7. The Balaban J connectivity index is 2.94. The maximum absolute atomic E-state index is 6.09.